The molecule has 2 aliphatic rings. The van der Waals surface area contributed by atoms with Gasteiger partial charge in [0.05, 0.1) is 4.88 Å². The van der Waals surface area contributed by atoms with Gasteiger partial charge in [-0.2, -0.15) is 0 Å². The Bertz CT molecular complexity index is 451. The second kappa shape index (κ2) is 5.63. The third-order valence-electron chi connectivity index (χ3n) is 4.26. The molecular weight excluding hydrogens is 256 g/mol. The Kier molecular flexibility index (Phi) is 3.89. The van der Waals surface area contributed by atoms with Gasteiger partial charge in [-0.15, -0.1) is 11.3 Å². The Morgan fingerprint density at radius 3 is 2.74 bits per heavy atom. The lowest BCUT2D eigenvalue weighted by Crippen LogP contribution is -2.42. The lowest BCUT2D eigenvalue weighted by molar-refractivity contribution is 0.0713. The first kappa shape index (κ1) is 13.1. The molecule has 3 heterocycles. The normalized spacial score (nSPS) is 24.3. The highest BCUT2D eigenvalue weighted by Crippen LogP contribution is 2.25. The summed E-state index contributed by atoms with van der Waals surface area (Å²) in [5.74, 6) is 0.250. The number of carbonyl (C=O) groups is 1. The van der Waals surface area contributed by atoms with E-state index in [1.165, 1.54) is 37.2 Å². The lowest BCUT2D eigenvalue weighted by atomic mass is 10.2. The van der Waals surface area contributed by atoms with Crippen molar-refractivity contribution < 1.29 is 4.79 Å². The summed E-state index contributed by atoms with van der Waals surface area (Å²) >= 11 is 1.62. The highest BCUT2D eigenvalue weighted by Gasteiger charge is 2.31. The van der Waals surface area contributed by atoms with Crippen molar-refractivity contribution in [3.8, 4) is 0 Å². The molecule has 1 unspecified atom stereocenters. The summed E-state index contributed by atoms with van der Waals surface area (Å²) in [4.78, 5) is 19.3. The molecule has 3 nitrogen and oxygen atoms in total. The van der Waals surface area contributed by atoms with Gasteiger partial charge in [0.25, 0.3) is 5.91 Å². The zero-order valence-electron chi connectivity index (χ0n) is 11.6. The molecule has 19 heavy (non-hydrogen) atoms. The molecule has 1 amide bonds. The summed E-state index contributed by atoms with van der Waals surface area (Å²) in [5, 5.41) is 0. The predicted octanol–water partition coefficient (Wildman–Crippen LogP) is 2.76. The summed E-state index contributed by atoms with van der Waals surface area (Å²) in [5.41, 5.74) is 0. The van der Waals surface area contributed by atoms with E-state index in [0.29, 0.717) is 6.04 Å². The monoisotopic (exact) mass is 278 g/mol. The Labute approximate surface area is 119 Å². The van der Waals surface area contributed by atoms with Crippen LogP contribution in [0.4, 0.5) is 0 Å². The van der Waals surface area contributed by atoms with Gasteiger partial charge in [0, 0.05) is 24.0 Å². The molecule has 0 radical (unpaired) electrons. The maximum atomic E-state index is 12.6. The van der Waals surface area contributed by atoms with Crippen LogP contribution in [0.15, 0.2) is 12.1 Å². The van der Waals surface area contributed by atoms with E-state index in [4.69, 9.17) is 0 Å². The molecule has 1 atom stereocenters. The number of rotatable bonds is 3. The summed E-state index contributed by atoms with van der Waals surface area (Å²) in [6.07, 6.45) is 4.98. The van der Waals surface area contributed by atoms with Crippen LogP contribution in [0.2, 0.25) is 0 Å². The fourth-order valence-electron chi connectivity index (χ4n) is 3.25. The van der Waals surface area contributed by atoms with Gasteiger partial charge in [-0.1, -0.05) is 0 Å². The molecule has 2 aliphatic heterocycles. The van der Waals surface area contributed by atoms with Crippen molar-refractivity contribution in [1.82, 2.24) is 9.80 Å². The third-order valence-corrected chi connectivity index (χ3v) is 5.25. The fraction of sp³-hybridized carbons (Fsp3) is 0.667. The van der Waals surface area contributed by atoms with Crippen LogP contribution in [0.1, 0.15) is 40.2 Å². The van der Waals surface area contributed by atoms with Crippen LogP contribution in [0.3, 0.4) is 0 Å². The Morgan fingerprint density at radius 2 is 2.05 bits per heavy atom. The van der Waals surface area contributed by atoms with Crippen LogP contribution in [-0.2, 0) is 0 Å². The minimum Gasteiger partial charge on any atom is -0.334 e. The van der Waals surface area contributed by atoms with E-state index in [1.807, 2.05) is 12.1 Å². The molecule has 0 bridgehead atoms. The van der Waals surface area contributed by atoms with Crippen LogP contribution in [-0.4, -0.2) is 47.9 Å². The van der Waals surface area contributed by atoms with E-state index in [9.17, 15) is 4.79 Å². The van der Waals surface area contributed by atoms with Crippen molar-refractivity contribution in [1.29, 1.82) is 0 Å². The molecule has 4 heteroatoms. The fourth-order valence-corrected chi connectivity index (χ4v) is 4.07. The van der Waals surface area contributed by atoms with Gasteiger partial charge in [0.2, 0.25) is 0 Å². The first-order valence-electron chi connectivity index (χ1n) is 7.34. The number of nitrogens with zero attached hydrogens (tertiary/aromatic N) is 2. The molecule has 0 aliphatic carbocycles. The molecule has 0 saturated carbocycles. The van der Waals surface area contributed by atoms with Crippen LogP contribution < -0.4 is 0 Å². The van der Waals surface area contributed by atoms with Crippen molar-refractivity contribution in [3.05, 3.63) is 21.9 Å². The first-order chi connectivity index (χ1) is 9.24. The first-order valence-corrected chi connectivity index (χ1v) is 8.15. The second-order valence-electron chi connectivity index (χ2n) is 5.71. The molecule has 0 spiro atoms. The van der Waals surface area contributed by atoms with Gasteiger partial charge >= 0.3 is 0 Å². The highest BCUT2D eigenvalue weighted by molar-refractivity contribution is 7.13. The number of carbonyl (C=O) groups excluding carboxylic acids is 1. The van der Waals surface area contributed by atoms with Gasteiger partial charge in [-0.25, -0.2) is 0 Å². The Morgan fingerprint density at radius 1 is 1.26 bits per heavy atom. The average molecular weight is 278 g/mol. The highest BCUT2D eigenvalue weighted by atomic mass is 32.1. The standard InChI is InChI=1S/C15H22N2OS/c1-12-6-7-14(19-12)15(18)17-10-4-5-13(17)11-16-8-2-3-9-16/h6-7,13H,2-5,8-11H2,1H3. The van der Waals surface area contributed by atoms with E-state index in [-0.39, 0.29) is 5.91 Å². The maximum absolute atomic E-state index is 12.6. The van der Waals surface area contributed by atoms with Crippen LogP contribution in [0.25, 0.3) is 0 Å². The quantitative estimate of drug-likeness (QED) is 0.849. The SMILES string of the molecule is Cc1ccc(C(=O)N2CCCC2CN2CCCC2)s1. The van der Waals surface area contributed by atoms with E-state index in [1.54, 1.807) is 11.3 Å². The molecule has 1 aromatic heterocycles. The Hall–Kier alpha value is -0.870. The number of thiophene rings is 1. The van der Waals surface area contributed by atoms with Crippen LogP contribution in [0.5, 0.6) is 0 Å². The van der Waals surface area contributed by atoms with E-state index in [2.05, 4.69) is 16.7 Å². The number of hydrogen-bond donors (Lipinski definition) is 0. The van der Waals surface area contributed by atoms with Crippen molar-refractivity contribution in [3.63, 3.8) is 0 Å². The zero-order valence-corrected chi connectivity index (χ0v) is 12.4. The molecule has 2 fully saturated rings. The molecule has 104 valence electrons. The number of aryl methyl sites for hydroxylation is 1. The molecule has 3 rings (SSSR count). The molecule has 0 N–H and O–H groups in total. The van der Waals surface area contributed by atoms with Crippen LogP contribution in [0, 0.1) is 6.92 Å². The largest absolute Gasteiger partial charge is 0.334 e. The number of likely N-dealkylation sites (tertiary alicyclic amines) is 2. The second-order valence-corrected chi connectivity index (χ2v) is 7.00. The van der Waals surface area contributed by atoms with Crippen molar-refractivity contribution in [2.75, 3.05) is 26.2 Å². The van der Waals surface area contributed by atoms with Crippen molar-refractivity contribution in [2.45, 2.75) is 38.6 Å². The molecule has 2 saturated heterocycles. The van der Waals surface area contributed by atoms with Gasteiger partial charge in [0.15, 0.2) is 0 Å². The average Bonchev–Trinajstić information content (AvgIpc) is 3.10. The van der Waals surface area contributed by atoms with E-state index >= 15 is 0 Å². The molecular formula is C15H22N2OS. The van der Waals surface area contributed by atoms with Crippen LogP contribution >= 0.6 is 11.3 Å². The summed E-state index contributed by atoms with van der Waals surface area (Å²) < 4.78 is 0. The van der Waals surface area contributed by atoms with Gasteiger partial charge < -0.3 is 9.80 Å². The third kappa shape index (κ3) is 2.84. The summed E-state index contributed by atoms with van der Waals surface area (Å²) in [6.45, 7) is 6.52. The van der Waals surface area contributed by atoms with E-state index < -0.39 is 0 Å². The molecule has 1 aromatic rings. The molecule has 0 aromatic carbocycles. The lowest BCUT2D eigenvalue weighted by Gasteiger charge is -2.28. The predicted molar refractivity (Wildman–Crippen MR) is 78.8 cm³/mol. The Balaban J connectivity index is 1.66. The van der Waals surface area contributed by atoms with E-state index in [0.717, 1.165) is 24.4 Å². The number of hydrogen-bond acceptors (Lipinski definition) is 3. The van der Waals surface area contributed by atoms with Crippen molar-refractivity contribution >= 4 is 17.2 Å². The van der Waals surface area contributed by atoms with Gasteiger partial charge in [-0.05, 0) is 57.8 Å². The minimum atomic E-state index is 0.250. The zero-order chi connectivity index (χ0) is 13.2. The van der Waals surface area contributed by atoms with Crippen molar-refractivity contribution in [2.24, 2.45) is 0 Å². The number of amides is 1. The summed E-state index contributed by atoms with van der Waals surface area (Å²) in [6, 6.07) is 4.46. The van der Waals surface area contributed by atoms with Gasteiger partial charge in [0.1, 0.15) is 0 Å². The summed E-state index contributed by atoms with van der Waals surface area (Å²) in [7, 11) is 0. The smallest absolute Gasteiger partial charge is 0.264 e. The minimum absolute atomic E-state index is 0.250. The maximum Gasteiger partial charge on any atom is 0.264 e. The van der Waals surface area contributed by atoms with Gasteiger partial charge in [-0.3, -0.25) is 4.79 Å². The topological polar surface area (TPSA) is 23.6 Å².